The van der Waals surface area contributed by atoms with Crippen molar-refractivity contribution in [2.75, 3.05) is 5.32 Å². The van der Waals surface area contributed by atoms with Crippen molar-refractivity contribution in [1.82, 2.24) is 0 Å². The quantitative estimate of drug-likeness (QED) is 0.654. The first kappa shape index (κ1) is 14.4. The van der Waals surface area contributed by atoms with Gasteiger partial charge in [-0.05, 0) is 30.7 Å². The summed E-state index contributed by atoms with van der Waals surface area (Å²) in [5.74, 6) is -0.320. The molecule has 1 N–H and O–H groups in total. The predicted octanol–water partition coefficient (Wildman–Crippen LogP) is 3.74. The van der Waals surface area contributed by atoms with Crippen molar-refractivity contribution in [1.29, 1.82) is 0 Å². The average Bonchev–Trinajstić information content (AvgIpc) is 2.77. The molecule has 0 aromatic heterocycles. The van der Waals surface area contributed by atoms with Crippen LogP contribution in [0.2, 0.25) is 0 Å². The van der Waals surface area contributed by atoms with Crippen molar-refractivity contribution in [2.45, 2.75) is 6.92 Å². The molecule has 1 aliphatic heterocycles. The number of hydrogen-bond acceptors (Lipinski definition) is 4. The van der Waals surface area contributed by atoms with Crippen molar-refractivity contribution >= 4 is 44.6 Å². The van der Waals surface area contributed by atoms with Crippen molar-refractivity contribution in [3.63, 3.8) is 0 Å². The minimum absolute atomic E-state index is 0.0576. The summed E-state index contributed by atoms with van der Waals surface area (Å²) in [6, 6.07) is 9.79. The zero-order valence-corrected chi connectivity index (χ0v) is 13.0. The Morgan fingerprint density at radius 1 is 1.23 bits per heavy atom. The Morgan fingerprint density at radius 3 is 2.73 bits per heavy atom. The molecule has 0 unspecified atom stereocenters. The van der Waals surface area contributed by atoms with Gasteiger partial charge in [-0.3, -0.25) is 14.9 Å². The summed E-state index contributed by atoms with van der Waals surface area (Å²) in [6.45, 7) is 1.79. The third-order valence-corrected chi connectivity index (χ3v) is 3.83. The molecule has 0 saturated carbocycles. The molecule has 0 saturated heterocycles. The van der Waals surface area contributed by atoms with Crippen LogP contribution in [0.1, 0.15) is 11.1 Å². The molecular formula is C15H10BrN3O3. The Kier molecular flexibility index (Phi) is 3.50. The number of fused-ring (bicyclic) bond motifs is 1. The summed E-state index contributed by atoms with van der Waals surface area (Å²) in [6.07, 6.45) is 0. The summed E-state index contributed by atoms with van der Waals surface area (Å²) in [7, 11) is 0. The molecule has 22 heavy (non-hydrogen) atoms. The number of nitrogens with one attached hydrogen (secondary N) is 1. The summed E-state index contributed by atoms with van der Waals surface area (Å²) < 4.78 is 0.825. The van der Waals surface area contributed by atoms with Gasteiger partial charge in [0.05, 0.1) is 16.3 Å². The molecule has 110 valence electrons. The third-order valence-electron chi connectivity index (χ3n) is 3.34. The second-order valence-electron chi connectivity index (χ2n) is 4.83. The lowest BCUT2D eigenvalue weighted by Gasteiger charge is -2.02. The molecular weight excluding hydrogens is 350 g/mol. The number of nitro groups is 1. The molecule has 3 rings (SSSR count). The van der Waals surface area contributed by atoms with Gasteiger partial charge in [0.1, 0.15) is 5.71 Å². The molecule has 1 aliphatic rings. The highest BCUT2D eigenvalue weighted by atomic mass is 79.9. The lowest BCUT2D eigenvalue weighted by Crippen LogP contribution is -2.14. The van der Waals surface area contributed by atoms with Gasteiger partial charge in [-0.2, -0.15) is 0 Å². The van der Waals surface area contributed by atoms with Crippen LogP contribution in [-0.2, 0) is 4.79 Å². The Labute approximate surface area is 134 Å². The van der Waals surface area contributed by atoms with E-state index in [4.69, 9.17) is 0 Å². The van der Waals surface area contributed by atoms with Gasteiger partial charge in [0.15, 0.2) is 0 Å². The van der Waals surface area contributed by atoms with Crippen LogP contribution in [0.4, 0.5) is 17.1 Å². The van der Waals surface area contributed by atoms with E-state index in [2.05, 4.69) is 26.2 Å². The van der Waals surface area contributed by atoms with E-state index in [0.717, 1.165) is 10.0 Å². The highest BCUT2D eigenvalue weighted by molar-refractivity contribution is 9.10. The zero-order valence-electron chi connectivity index (χ0n) is 11.5. The minimum atomic E-state index is -0.484. The van der Waals surface area contributed by atoms with Gasteiger partial charge in [0.2, 0.25) is 0 Å². The second kappa shape index (κ2) is 5.34. The number of non-ortho nitro benzene ring substituents is 1. The van der Waals surface area contributed by atoms with Crippen LogP contribution in [-0.4, -0.2) is 16.5 Å². The van der Waals surface area contributed by atoms with Crippen LogP contribution in [0.15, 0.2) is 45.9 Å². The lowest BCUT2D eigenvalue weighted by molar-refractivity contribution is -0.384. The fraction of sp³-hybridized carbons (Fsp3) is 0.0667. The second-order valence-corrected chi connectivity index (χ2v) is 5.75. The van der Waals surface area contributed by atoms with E-state index in [1.807, 2.05) is 6.07 Å². The lowest BCUT2D eigenvalue weighted by atomic mass is 10.1. The highest BCUT2D eigenvalue weighted by Gasteiger charge is 2.26. The van der Waals surface area contributed by atoms with E-state index in [-0.39, 0.29) is 17.3 Å². The standard InChI is InChI=1S/C15H10BrN3O3/c1-8-2-4-10(19(21)22)7-13(8)17-14-11-6-9(16)3-5-12(11)18-15(14)20/h2-7H,1H3,(H,17,18,20). The number of aryl methyl sites for hydroxylation is 1. The number of benzene rings is 2. The molecule has 2 aromatic carbocycles. The number of amides is 1. The normalized spacial score (nSPS) is 14.8. The zero-order chi connectivity index (χ0) is 15.9. The SMILES string of the molecule is Cc1ccc([N+](=O)[O-])cc1N=C1C(=O)Nc2ccc(Br)cc21. The Morgan fingerprint density at radius 2 is 2.00 bits per heavy atom. The van der Waals surface area contributed by atoms with Crippen molar-refractivity contribution < 1.29 is 9.72 Å². The molecule has 0 atom stereocenters. The van der Waals surface area contributed by atoms with Crippen LogP contribution < -0.4 is 5.32 Å². The van der Waals surface area contributed by atoms with E-state index in [0.29, 0.717) is 16.9 Å². The molecule has 7 heteroatoms. The maximum absolute atomic E-state index is 12.1. The molecule has 0 spiro atoms. The van der Waals surface area contributed by atoms with E-state index in [1.54, 1.807) is 25.1 Å². The predicted molar refractivity (Wildman–Crippen MR) is 86.8 cm³/mol. The van der Waals surface area contributed by atoms with Gasteiger partial charge >= 0.3 is 0 Å². The largest absolute Gasteiger partial charge is 0.320 e. The van der Waals surface area contributed by atoms with E-state index < -0.39 is 4.92 Å². The molecule has 2 aromatic rings. The number of anilines is 1. The summed E-state index contributed by atoms with van der Waals surface area (Å²) in [5, 5.41) is 13.6. The number of carbonyl (C=O) groups is 1. The van der Waals surface area contributed by atoms with Crippen LogP contribution in [0, 0.1) is 17.0 Å². The number of nitro benzene ring substituents is 1. The Balaban J connectivity index is 2.14. The third kappa shape index (κ3) is 2.50. The first-order valence-electron chi connectivity index (χ1n) is 6.41. The maximum Gasteiger partial charge on any atom is 0.275 e. The molecule has 0 radical (unpaired) electrons. The van der Waals surface area contributed by atoms with Crippen LogP contribution in [0.3, 0.4) is 0 Å². The van der Waals surface area contributed by atoms with Crippen molar-refractivity contribution in [3.05, 3.63) is 62.1 Å². The summed E-state index contributed by atoms with van der Waals surface area (Å²) in [4.78, 5) is 26.8. The molecule has 0 bridgehead atoms. The molecule has 0 aliphatic carbocycles. The number of aliphatic imine (C=N–C) groups is 1. The summed E-state index contributed by atoms with van der Waals surface area (Å²) in [5.41, 5.74) is 2.71. The highest BCUT2D eigenvalue weighted by Crippen LogP contribution is 2.30. The van der Waals surface area contributed by atoms with Crippen LogP contribution in [0.5, 0.6) is 0 Å². The molecule has 6 nitrogen and oxygen atoms in total. The molecule has 1 amide bonds. The number of hydrogen-bond donors (Lipinski definition) is 1. The minimum Gasteiger partial charge on any atom is -0.320 e. The smallest absolute Gasteiger partial charge is 0.275 e. The van der Waals surface area contributed by atoms with Crippen molar-refractivity contribution in [3.8, 4) is 0 Å². The number of nitrogens with zero attached hydrogens (tertiary/aromatic N) is 2. The Hall–Kier alpha value is -2.54. The monoisotopic (exact) mass is 359 g/mol. The number of halogens is 1. The van der Waals surface area contributed by atoms with Gasteiger partial charge in [0, 0.05) is 22.2 Å². The summed E-state index contributed by atoms with van der Waals surface area (Å²) >= 11 is 3.36. The topological polar surface area (TPSA) is 84.6 Å². The van der Waals surface area contributed by atoms with E-state index >= 15 is 0 Å². The first-order valence-corrected chi connectivity index (χ1v) is 7.20. The number of rotatable bonds is 2. The fourth-order valence-electron chi connectivity index (χ4n) is 2.19. The number of carbonyl (C=O) groups excluding carboxylic acids is 1. The fourth-order valence-corrected chi connectivity index (χ4v) is 2.55. The van der Waals surface area contributed by atoms with Crippen molar-refractivity contribution in [2.24, 2.45) is 4.99 Å². The first-order chi connectivity index (χ1) is 10.5. The molecule has 1 heterocycles. The van der Waals surface area contributed by atoms with Gasteiger partial charge in [0.25, 0.3) is 11.6 Å². The van der Waals surface area contributed by atoms with Crippen LogP contribution >= 0.6 is 15.9 Å². The van der Waals surface area contributed by atoms with Crippen LogP contribution in [0.25, 0.3) is 0 Å². The van der Waals surface area contributed by atoms with E-state index in [1.165, 1.54) is 12.1 Å². The maximum atomic E-state index is 12.1. The average molecular weight is 360 g/mol. The van der Waals surface area contributed by atoms with E-state index in [9.17, 15) is 14.9 Å². The van der Waals surface area contributed by atoms with Gasteiger partial charge in [-0.1, -0.05) is 22.0 Å². The molecule has 0 fully saturated rings. The van der Waals surface area contributed by atoms with Gasteiger partial charge < -0.3 is 5.32 Å². The Bertz CT molecular complexity index is 846. The van der Waals surface area contributed by atoms with Gasteiger partial charge in [-0.15, -0.1) is 0 Å². The van der Waals surface area contributed by atoms with Gasteiger partial charge in [-0.25, -0.2) is 4.99 Å².